The minimum Gasteiger partial charge on any atom is -0.342 e. The molecule has 3 aliphatic rings. The second kappa shape index (κ2) is 7.49. The van der Waals surface area contributed by atoms with E-state index in [2.05, 4.69) is 41.0 Å². The zero-order valence-electron chi connectivity index (χ0n) is 15.6. The highest BCUT2D eigenvalue weighted by molar-refractivity contribution is 5.76. The summed E-state index contributed by atoms with van der Waals surface area (Å²) in [5, 5.41) is 0. The van der Waals surface area contributed by atoms with Crippen molar-refractivity contribution in [2.75, 3.05) is 26.2 Å². The van der Waals surface area contributed by atoms with Crippen LogP contribution in [0.2, 0.25) is 0 Å². The van der Waals surface area contributed by atoms with Crippen molar-refractivity contribution in [1.82, 2.24) is 9.80 Å². The fraction of sp³-hybridized carbons (Fsp3) is 0.682. The second-order valence-corrected chi connectivity index (χ2v) is 8.60. The van der Waals surface area contributed by atoms with Gasteiger partial charge in [-0.15, -0.1) is 0 Å². The Bertz CT molecular complexity index is 594. The first-order valence-electron chi connectivity index (χ1n) is 10.2. The van der Waals surface area contributed by atoms with Crippen molar-refractivity contribution in [2.24, 2.45) is 17.8 Å². The number of piperidine rings is 1. The summed E-state index contributed by atoms with van der Waals surface area (Å²) in [6.45, 7) is 7.63. The molecule has 1 saturated carbocycles. The van der Waals surface area contributed by atoms with Gasteiger partial charge in [-0.2, -0.15) is 0 Å². The lowest BCUT2D eigenvalue weighted by Gasteiger charge is -2.32. The van der Waals surface area contributed by atoms with Gasteiger partial charge in [0.2, 0.25) is 5.91 Å². The maximum absolute atomic E-state index is 12.7. The van der Waals surface area contributed by atoms with Crippen LogP contribution in [-0.4, -0.2) is 41.9 Å². The van der Waals surface area contributed by atoms with E-state index in [4.69, 9.17) is 0 Å². The molecule has 0 bridgehead atoms. The van der Waals surface area contributed by atoms with Crippen molar-refractivity contribution in [1.29, 1.82) is 0 Å². The van der Waals surface area contributed by atoms with E-state index in [1.54, 1.807) is 0 Å². The van der Waals surface area contributed by atoms with Gasteiger partial charge in [0.05, 0.1) is 0 Å². The summed E-state index contributed by atoms with van der Waals surface area (Å²) in [6, 6.07) is 8.70. The quantitative estimate of drug-likeness (QED) is 0.831. The molecule has 3 fully saturated rings. The summed E-state index contributed by atoms with van der Waals surface area (Å²) in [5.74, 6) is 2.67. The topological polar surface area (TPSA) is 23.6 Å². The summed E-state index contributed by atoms with van der Waals surface area (Å²) >= 11 is 0. The molecule has 1 aromatic rings. The van der Waals surface area contributed by atoms with Crippen LogP contribution in [0.4, 0.5) is 0 Å². The molecule has 2 unspecified atom stereocenters. The highest BCUT2D eigenvalue weighted by atomic mass is 16.2. The molecule has 1 amide bonds. The summed E-state index contributed by atoms with van der Waals surface area (Å²) < 4.78 is 0. The molecule has 0 spiro atoms. The first kappa shape index (κ1) is 17.1. The van der Waals surface area contributed by atoms with Gasteiger partial charge >= 0.3 is 0 Å². The molecule has 3 nitrogen and oxygen atoms in total. The Morgan fingerprint density at radius 2 is 1.72 bits per heavy atom. The smallest absolute Gasteiger partial charge is 0.222 e. The number of amides is 1. The van der Waals surface area contributed by atoms with E-state index in [1.807, 2.05) is 0 Å². The van der Waals surface area contributed by atoms with Crippen molar-refractivity contribution < 1.29 is 4.79 Å². The van der Waals surface area contributed by atoms with Crippen molar-refractivity contribution >= 4 is 5.91 Å². The fourth-order valence-corrected chi connectivity index (χ4v) is 5.19. The van der Waals surface area contributed by atoms with Gasteiger partial charge in [-0.1, -0.05) is 30.7 Å². The third-order valence-corrected chi connectivity index (χ3v) is 6.90. The first-order valence-corrected chi connectivity index (χ1v) is 10.2. The molecule has 2 atom stereocenters. The van der Waals surface area contributed by atoms with Gasteiger partial charge in [-0.25, -0.2) is 0 Å². The number of carbonyl (C=O) groups is 1. The van der Waals surface area contributed by atoms with E-state index >= 15 is 0 Å². The Balaban J connectivity index is 1.22. The van der Waals surface area contributed by atoms with Gasteiger partial charge in [0.1, 0.15) is 0 Å². The monoisotopic (exact) mass is 340 g/mol. The Labute approximate surface area is 152 Å². The molecule has 2 aliphatic heterocycles. The van der Waals surface area contributed by atoms with Crippen molar-refractivity contribution in [3.8, 4) is 0 Å². The van der Waals surface area contributed by atoms with Crippen LogP contribution in [0.15, 0.2) is 24.3 Å². The number of hydrogen-bond acceptors (Lipinski definition) is 2. The molecular formula is C22H32N2O. The van der Waals surface area contributed by atoms with E-state index in [9.17, 15) is 4.79 Å². The van der Waals surface area contributed by atoms with Gasteiger partial charge in [0.15, 0.2) is 0 Å². The average molecular weight is 341 g/mol. The van der Waals surface area contributed by atoms with Crippen LogP contribution in [-0.2, 0) is 11.3 Å². The second-order valence-electron chi connectivity index (χ2n) is 8.60. The Morgan fingerprint density at radius 1 is 1.04 bits per heavy atom. The van der Waals surface area contributed by atoms with Crippen LogP contribution in [0.3, 0.4) is 0 Å². The number of likely N-dealkylation sites (tertiary alicyclic amines) is 2. The van der Waals surface area contributed by atoms with Crippen LogP contribution in [0, 0.1) is 24.7 Å². The van der Waals surface area contributed by atoms with Crippen molar-refractivity contribution in [2.45, 2.75) is 52.0 Å². The molecule has 0 radical (unpaired) electrons. The predicted octanol–water partition coefficient (Wildman–Crippen LogP) is 3.86. The number of rotatable bonds is 4. The number of nitrogens with zero attached hydrogens (tertiary/aromatic N) is 2. The maximum atomic E-state index is 12.7. The third kappa shape index (κ3) is 3.92. The molecule has 0 N–H and O–H groups in total. The highest BCUT2D eigenvalue weighted by Crippen LogP contribution is 2.38. The lowest BCUT2D eigenvalue weighted by molar-refractivity contribution is -0.131. The standard InChI is InChI=1S/C22H32N2O/c1-17-5-2-3-6-19(17)14-23-11-9-18(10-12-23)13-22(25)24-15-20-7-4-8-21(20)16-24/h2-3,5-6,18,20-21H,4,7-16H2,1H3. The molecular weight excluding hydrogens is 308 g/mol. The molecule has 1 aromatic carbocycles. The summed E-state index contributed by atoms with van der Waals surface area (Å²) in [4.78, 5) is 17.4. The van der Waals surface area contributed by atoms with E-state index in [-0.39, 0.29) is 0 Å². The minimum absolute atomic E-state index is 0.437. The molecule has 4 rings (SSSR count). The minimum atomic E-state index is 0.437. The molecule has 1 aliphatic carbocycles. The van der Waals surface area contributed by atoms with E-state index in [1.165, 1.54) is 43.2 Å². The van der Waals surface area contributed by atoms with Gasteiger partial charge in [0, 0.05) is 26.1 Å². The fourth-order valence-electron chi connectivity index (χ4n) is 5.19. The van der Waals surface area contributed by atoms with Crippen molar-refractivity contribution in [3.05, 3.63) is 35.4 Å². The SMILES string of the molecule is Cc1ccccc1CN1CCC(CC(=O)N2CC3CCCC3C2)CC1. The van der Waals surface area contributed by atoms with Gasteiger partial charge < -0.3 is 4.90 Å². The predicted molar refractivity (Wildman–Crippen MR) is 101 cm³/mol. The summed E-state index contributed by atoms with van der Waals surface area (Å²) in [5.41, 5.74) is 2.83. The van der Waals surface area contributed by atoms with E-state index < -0.39 is 0 Å². The van der Waals surface area contributed by atoms with E-state index in [0.29, 0.717) is 11.8 Å². The lowest BCUT2D eigenvalue weighted by atomic mass is 9.92. The molecule has 2 heterocycles. The van der Waals surface area contributed by atoms with Gasteiger partial charge in [-0.3, -0.25) is 9.69 Å². The Kier molecular flexibility index (Phi) is 5.12. The normalized spacial score (nSPS) is 27.6. The Morgan fingerprint density at radius 3 is 2.40 bits per heavy atom. The van der Waals surface area contributed by atoms with Crippen LogP contribution in [0.25, 0.3) is 0 Å². The van der Waals surface area contributed by atoms with Gasteiger partial charge in [0.25, 0.3) is 0 Å². The number of benzene rings is 1. The molecule has 136 valence electrons. The van der Waals surface area contributed by atoms with Crippen LogP contribution < -0.4 is 0 Å². The van der Waals surface area contributed by atoms with Crippen molar-refractivity contribution in [3.63, 3.8) is 0 Å². The highest BCUT2D eigenvalue weighted by Gasteiger charge is 2.38. The zero-order chi connectivity index (χ0) is 17.2. The first-order chi connectivity index (χ1) is 12.2. The molecule has 25 heavy (non-hydrogen) atoms. The number of carbonyl (C=O) groups excluding carboxylic acids is 1. The average Bonchev–Trinajstić information content (AvgIpc) is 3.20. The van der Waals surface area contributed by atoms with E-state index in [0.717, 1.165) is 51.0 Å². The number of fused-ring (bicyclic) bond motifs is 1. The molecule has 0 aromatic heterocycles. The summed E-state index contributed by atoms with van der Waals surface area (Å²) in [7, 11) is 0. The van der Waals surface area contributed by atoms with Crippen LogP contribution in [0.5, 0.6) is 0 Å². The number of hydrogen-bond donors (Lipinski definition) is 0. The summed E-state index contributed by atoms with van der Waals surface area (Å²) in [6.07, 6.45) is 7.24. The van der Waals surface area contributed by atoms with Crippen LogP contribution >= 0.6 is 0 Å². The molecule has 2 saturated heterocycles. The number of aryl methyl sites for hydroxylation is 1. The lowest BCUT2D eigenvalue weighted by Crippen LogP contribution is -2.36. The largest absolute Gasteiger partial charge is 0.342 e. The Hall–Kier alpha value is -1.35. The third-order valence-electron chi connectivity index (χ3n) is 6.90. The van der Waals surface area contributed by atoms with Crippen LogP contribution in [0.1, 0.15) is 49.7 Å². The molecule has 3 heteroatoms. The van der Waals surface area contributed by atoms with Gasteiger partial charge in [-0.05, 0) is 74.6 Å². The zero-order valence-corrected chi connectivity index (χ0v) is 15.6. The maximum Gasteiger partial charge on any atom is 0.222 e.